The van der Waals surface area contributed by atoms with Gasteiger partial charge in [0.1, 0.15) is 10.6 Å². The van der Waals surface area contributed by atoms with Crippen LogP contribution < -0.4 is 10.0 Å². The van der Waals surface area contributed by atoms with Gasteiger partial charge in [0.25, 0.3) is 0 Å². The number of aromatic hydroxyl groups is 1. The molecule has 0 bridgehead atoms. The van der Waals surface area contributed by atoms with Crippen LogP contribution in [0, 0.1) is 0 Å². The molecule has 0 aliphatic heterocycles. The third-order valence-corrected chi connectivity index (χ3v) is 5.10. The van der Waals surface area contributed by atoms with Crippen molar-refractivity contribution in [2.45, 2.75) is 11.4 Å². The van der Waals surface area contributed by atoms with Crippen LogP contribution in [0.2, 0.25) is 0 Å². The zero-order valence-electron chi connectivity index (χ0n) is 11.3. The summed E-state index contributed by atoms with van der Waals surface area (Å²) < 4.78 is 26.8. The predicted octanol–water partition coefficient (Wildman–Crippen LogP) is 2.67. The minimum absolute atomic E-state index is 0.138. The third kappa shape index (κ3) is 3.55. The van der Waals surface area contributed by atoms with Gasteiger partial charge in [-0.3, -0.25) is 0 Å². The molecule has 0 radical (unpaired) electrons. The van der Waals surface area contributed by atoms with Gasteiger partial charge in [-0.15, -0.1) is 0 Å². The Kier molecular flexibility index (Phi) is 4.87. The van der Waals surface area contributed by atoms with E-state index in [-0.39, 0.29) is 10.6 Å². The number of phenols is 1. The fourth-order valence-corrected chi connectivity index (χ4v) is 3.16. The Hall–Kier alpha value is -1.57. The summed E-state index contributed by atoms with van der Waals surface area (Å²) in [6, 6.07) is 11.9. The molecule has 0 spiro atoms. The normalized spacial score (nSPS) is 11.3. The van der Waals surface area contributed by atoms with Crippen molar-refractivity contribution in [1.29, 1.82) is 0 Å². The van der Waals surface area contributed by atoms with Gasteiger partial charge in [-0.1, -0.05) is 24.3 Å². The number of benzene rings is 2. The first-order valence-corrected chi connectivity index (χ1v) is 8.46. The zero-order valence-corrected chi connectivity index (χ0v) is 13.7. The Labute approximate surface area is 132 Å². The maximum atomic E-state index is 11.9. The number of phenolic OH excluding ortho intramolecular Hbond substituents is 1. The van der Waals surface area contributed by atoms with E-state index in [1.165, 1.54) is 13.1 Å². The highest BCUT2D eigenvalue weighted by atomic mass is 79.9. The summed E-state index contributed by atoms with van der Waals surface area (Å²) in [4.78, 5) is 0.169. The van der Waals surface area contributed by atoms with Crippen molar-refractivity contribution in [1.82, 2.24) is 4.72 Å². The molecule has 7 heteroatoms. The van der Waals surface area contributed by atoms with Gasteiger partial charge >= 0.3 is 0 Å². The molecular formula is C14H15BrN2O3S. The SMILES string of the molecule is CNS(=O)(=O)c1ccccc1NCc1cccc(Br)c1O. The van der Waals surface area contributed by atoms with Gasteiger partial charge in [0, 0.05) is 12.1 Å². The molecule has 0 amide bonds. The summed E-state index contributed by atoms with van der Waals surface area (Å²) in [6.45, 7) is 0.307. The maximum absolute atomic E-state index is 11.9. The topological polar surface area (TPSA) is 78.4 Å². The summed E-state index contributed by atoms with van der Waals surface area (Å²) >= 11 is 3.25. The molecule has 0 aliphatic rings. The quantitative estimate of drug-likeness (QED) is 0.755. The number of rotatable bonds is 5. The van der Waals surface area contributed by atoms with Gasteiger partial charge < -0.3 is 10.4 Å². The molecule has 0 unspecified atom stereocenters. The molecule has 3 N–H and O–H groups in total. The van der Waals surface area contributed by atoms with Crippen LogP contribution in [-0.4, -0.2) is 20.6 Å². The van der Waals surface area contributed by atoms with Crippen LogP contribution in [0.4, 0.5) is 5.69 Å². The summed E-state index contributed by atoms with van der Waals surface area (Å²) in [6.07, 6.45) is 0. The van der Waals surface area contributed by atoms with Crippen molar-refractivity contribution >= 4 is 31.6 Å². The minimum atomic E-state index is -3.54. The largest absolute Gasteiger partial charge is 0.506 e. The molecule has 0 aliphatic carbocycles. The Bertz CT molecular complexity index is 748. The monoisotopic (exact) mass is 370 g/mol. The van der Waals surface area contributed by atoms with Crippen LogP contribution in [0.5, 0.6) is 5.75 Å². The summed E-state index contributed by atoms with van der Waals surface area (Å²) in [7, 11) is -2.17. The van der Waals surface area contributed by atoms with Gasteiger partial charge in [0.2, 0.25) is 10.0 Å². The number of sulfonamides is 1. The standard InChI is InChI=1S/C14H15BrN2O3S/c1-16-21(19,20)13-8-3-2-7-12(13)17-9-10-5-4-6-11(15)14(10)18/h2-8,16-18H,9H2,1H3. The zero-order chi connectivity index (χ0) is 15.5. The molecule has 0 atom stereocenters. The lowest BCUT2D eigenvalue weighted by molar-refractivity contribution is 0.465. The highest BCUT2D eigenvalue weighted by Gasteiger charge is 2.16. The van der Waals surface area contributed by atoms with Gasteiger partial charge in [0.15, 0.2) is 0 Å². The van der Waals surface area contributed by atoms with Crippen LogP contribution >= 0.6 is 15.9 Å². The first-order chi connectivity index (χ1) is 9.95. The van der Waals surface area contributed by atoms with Crippen molar-refractivity contribution in [3.05, 3.63) is 52.5 Å². The molecule has 0 fully saturated rings. The molecule has 0 heterocycles. The second-order valence-corrected chi connectivity index (χ2v) is 7.01. The van der Waals surface area contributed by atoms with Crippen LogP contribution in [0.1, 0.15) is 5.56 Å². The number of hydrogen-bond donors (Lipinski definition) is 3. The first kappa shape index (κ1) is 15.8. The number of halogens is 1. The van der Waals surface area contributed by atoms with Crippen LogP contribution in [0.15, 0.2) is 51.8 Å². The van der Waals surface area contributed by atoms with E-state index >= 15 is 0 Å². The molecule has 0 aromatic heterocycles. The molecule has 5 nitrogen and oxygen atoms in total. The lowest BCUT2D eigenvalue weighted by atomic mass is 10.2. The van der Waals surface area contributed by atoms with Gasteiger partial charge in [-0.2, -0.15) is 0 Å². The van der Waals surface area contributed by atoms with Crippen LogP contribution in [0.25, 0.3) is 0 Å². The van der Waals surface area contributed by atoms with Crippen LogP contribution in [-0.2, 0) is 16.6 Å². The van der Waals surface area contributed by atoms with E-state index in [9.17, 15) is 13.5 Å². The smallest absolute Gasteiger partial charge is 0.242 e. The van der Waals surface area contributed by atoms with Crippen molar-refractivity contribution < 1.29 is 13.5 Å². The fraction of sp³-hybridized carbons (Fsp3) is 0.143. The summed E-state index contributed by atoms with van der Waals surface area (Å²) in [5.41, 5.74) is 1.15. The van der Waals surface area contributed by atoms with Gasteiger partial charge in [-0.05, 0) is 41.2 Å². The molecule has 0 saturated heterocycles. The Morgan fingerprint density at radius 3 is 2.57 bits per heavy atom. The Morgan fingerprint density at radius 1 is 1.14 bits per heavy atom. The second kappa shape index (κ2) is 6.46. The molecular weight excluding hydrogens is 356 g/mol. The van der Waals surface area contributed by atoms with Crippen molar-refractivity contribution in [3.8, 4) is 5.75 Å². The van der Waals surface area contributed by atoms with Gasteiger partial charge in [-0.25, -0.2) is 13.1 Å². The average Bonchev–Trinajstić information content (AvgIpc) is 2.49. The number of nitrogens with one attached hydrogen (secondary N) is 2. The maximum Gasteiger partial charge on any atom is 0.242 e. The minimum Gasteiger partial charge on any atom is -0.506 e. The first-order valence-electron chi connectivity index (χ1n) is 6.18. The Morgan fingerprint density at radius 2 is 1.86 bits per heavy atom. The predicted molar refractivity (Wildman–Crippen MR) is 85.8 cm³/mol. The van der Waals surface area contributed by atoms with E-state index < -0.39 is 10.0 Å². The third-order valence-electron chi connectivity index (χ3n) is 2.98. The number of anilines is 1. The molecule has 112 valence electrons. The Balaban J connectivity index is 2.27. The lowest BCUT2D eigenvalue weighted by Gasteiger charge is -2.13. The van der Waals surface area contributed by atoms with E-state index in [4.69, 9.17) is 0 Å². The van der Waals surface area contributed by atoms with E-state index in [2.05, 4.69) is 26.0 Å². The van der Waals surface area contributed by atoms with Gasteiger partial charge in [0.05, 0.1) is 10.2 Å². The second-order valence-electron chi connectivity index (χ2n) is 4.30. The molecule has 2 rings (SSSR count). The molecule has 0 saturated carbocycles. The van der Waals surface area contributed by atoms with E-state index in [0.29, 0.717) is 22.3 Å². The van der Waals surface area contributed by atoms with Crippen molar-refractivity contribution in [2.75, 3.05) is 12.4 Å². The van der Waals surface area contributed by atoms with E-state index in [1.807, 2.05) is 0 Å². The fourth-order valence-electron chi connectivity index (χ4n) is 1.85. The van der Waals surface area contributed by atoms with Crippen molar-refractivity contribution in [2.24, 2.45) is 0 Å². The van der Waals surface area contributed by atoms with Crippen molar-refractivity contribution in [3.63, 3.8) is 0 Å². The highest BCUT2D eigenvalue weighted by molar-refractivity contribution is 9.10. The molecule has 2 aromatic rings. The van der Waals surface area contributed by atoms with Crippen LogP contribution in [0.3, 0.4) is 0 Å². The number of para-hydroxylation sites is 2. The lowest BCUT2D eigenvalue weighted by Crippen LogP contribution is -2.20. The number of hydrogen-bond acceptors (Lipinski definition) is 4. The van der Waals surface area contributed by atoms with E-state index in [1.54, 1.807) is 36.4 Å². The summed E-state index contributed by atoms with van der Waals surface area (Å²) in [5.74, 6) is 0.138. The average molecular weight is 371 g/mol. The summed E-state index contributed by atoms with van der Waals surface area (Å²) in [5, 5.41) is 13.0. The highest BCUT2D eigenvalue weighted by Crippen LogP contribution is 2.28. The van der Waals surface area contributed by atoms with E-state index in [0.717, 1.165) is 0 Å². The molecule has 21 heavy (non-hydrogen) atoms. The molecule has 2 aromatic carbocycles.